The topological polar surface area (TPSA) is 83.9 Å². The molecule has 138 valence electrons. The number of pyridine rings is 1. The van der Waals surface area contributed by atoms with Crippen LogP contribution < -0.4 is 16.2 Å². The molecule has 3 aromatic rings. The first-order valence-corrected chi connectivity index (χ1v) is 10.3. The minimum atomic E-state index is -0.375. The third-order valence-electron chi connectivity index (χ3n) is 3.81. The van der Waals surface area contributed by atoms with Crippen molar-refractivity contribution in [3.63, 3.8) is 0 Å². The van der Waals surface area contributed by atoms with Crippen LogP contribution in [0.2, 0.25) is 0 Å². The third kappa shape index (κ3) is 3.86. The van der Waals surface area contributed by atoms with E-state index in [2.05, 4.69) is 72.0 Å². The number of aryl methyl sites for hydroxylation is 2. The Morgan fingerprint density at radius 3 is 2.65 bits per heavy atom. The number of nitrogens with one attached hydrogen (secondary N) is 3. The van der Waals surface area contributed by atoms with Gasteiger partial charge in [0, 0.05) is 16.9 Å². The molecule has 10 heteroatoms. The summed E-state index contributed by atoms with van der Waals surface area (Å²) >= 11 is 8.21. The Balaban J connectivity index is 1.78. The fourth-order valence-corrected chi connectivity index (χ4v) is 4.60. The molecule has 0 saturated carbocycles. The lowest BCUT2D eigenvalue weighted by atomic mass is 10.00. The SMILES string of the molecule is Cc1nn(C)c2nc(NNC(=O)Nc3cc(Br)c(Br)s3)cc(C(C)C)c12. The summed E-state index contributed by atoms with van der Waals surface area (Å²) in [5.41, 5.74) is 8.36. The molecule has 0 aliphatic rings. The number of fused-ring (bicyclic) bond motifs is 1. The van der Waals surface area contributed by atoms with Crippen molar-refractivity contribution in [1.82, 2.24) is 20.2 Å². The normalized spacial score (nSPS) is 11.2. The van der Waals surface area contributed by atoms with Crippen molar-refractivity contribution in [2.24, 2.45) is 7.05 Å². The van der Waals surface area contributed by atoms with E-state index in [9.17, 15) is 4.79 Å². The lowest BCUT2D eigenvalue weighted by Gasteiger charge is -2.13. The molecule has 0 aliphatic carbocycles. The predicted octanol–water partition coefficient (Wildman–Crippen LogP) is 5.14. The van der Waals surface area contributed by atoms with Gasteiger partial charge in [-0.25, -0.2) is 9.78 Å². The zero-order chi connectivity index (χ0) is 19.0. The van der Waals surface area contributed by atoms with Gasteiger partial charge in [-0.05, 0) is 62.4 Å². The molecule has 0 radical (unpaired) electrons. The average Bonchev–Trinajstić information content (AvgIpc) is 3.03. The van der Waals surface area contributed by atoms with Crippen LogP contribution in [0.3, 0.4) is 0 Å². The van der Waals surface area contributed by atoms with Crippen LogP contribution in [0.25, 0.3) is 11.0 Å². The molecule has 0 aromatic carbocycles. The quantitative estimate of drug-likeness (QED) is 0.432. The largest absolute Gasteiger partial charge is 0.338 e. The lowest BCUT2D eigenvalue weighted by Crippen LogP contribution is -2.33. The first-order valence-electron chi connectivity index (χ1n) is 7.88. The monoisotopic (exact) mass is 500 g/mol. The number of urea groups is 1. The smallest absolute Gasteiger partial charge is 0.298 e. The van der Waals surface area contributed by atoms with Crippen molar-refractivity contribution in [2.75, 3.05) is 10.7 Å². The zero-order valence-corrected chi connectivity index (χ0v) is 18.6. The summed E-state index contributed by atoms with van der Waals surface area (Å²) in [5, 5.41) is 9.00. The zero-order valence-electron chi connectivity index (χ0n) is 14.6. The Bertz CT molecular complexity index is 961. The van der Waals surface area contributed by atoms with Gasteiger partial charge in [-0.1, -0.05) is 13.8 Å². The second-order valence-corrected chi connectivity index (χ2v) is 9.32. The summed E-state index contributed by atoms with van der Waals surface area (Å²) in [6.07, 6.45) is 0. The van der Waals surface area contributed by atoms with E-state index < -0.39 is 0 Å². The van der Waals surface area contributed by atoms with Gasteiger partial charge in [0.25, 0.3) is 0 Å². The van der Waals surface area contributed by atoms with Gasteiger partial charge in [0.05, 0.1) is 14.5 Å². The number of anilines is 2. The molecule has 3 rings (SSSR count). The average molecular weight is 502 g/mol. The van der Waals surface area contributed by atoms with Crippen LogP contribution in [0, 0.1) is 6.92 Å². The Morgan fingerprint density at radius 1 is 1.31 bits per heavy atom. The van der Waals surface area contributed by atoms with Gasteiger partial charge in [-0.3, -0.25) is 20.9 Å². The second kappa shape index (κ2) is 7.53. The third-order valence-corrected chi connectivity index (χ3v) is 6.98. The molecule has 0 aliphatic heterocycles. The molecule has 0 bridgehead atoms. The molecular weight excluding hydrogens is 484 g/mol. The van der Waals surface area contributed by atoms with Gasteiger partial charge in [-0.2, -0.15) is 5.10 Å². The first kappa shape index (κ1) is 19.1. The molecule has 7 nitrogen and oxygen atoms in total. The number of hydrogen-bond acceptors (Lipinski definition) is 5. The van der Waals surface area contributed by atoms with Crippen LogP contribution in [0.4, 0.5) is 15.6 Å². The van der Waals surface area contributed by atoms with Crippen LogP contribution >= 0.6 is 43.2 Å². The predicted molar refractivity (Wildman–Crippen MR) is 113 cm³/mol. The Kier molecular flexibility index (Phi) is 5.54. The van der Waals surface area contributed by atoms with Crippen molar-refractivity contribution in [3.05, 3.63) is 31.6 Å². The van der Waals surface area contributed by atoms with Gasteiger partial charge in [0.1, 0.15) is 5.82 Å². The molecule has 0 saturated heterocycles. The van der Waals surface area contributed by atoms with Gasteiger partial charge < -0.3 is 0 Å². The van der Waals surface area contributed by atoms with Crippen molar-refractivity contribution in [1.29, 1.82) is 0 Å². The van der Waals surface area contributed by atoms with Crippen LogP contribution in [0.5, 0.6) is 0 Å². The standard InChI is InChI=1S/C16H18Br2N6OS/c1-7(2)9-5-11(19-15-13(9)8(3)23-24(15)4)21-22-16(25)20-12-6-10(17)14(18)26-12/h5-7H,1-4H3,(H,19,21)(H2,20,22,25). The molecule has 0 spiro atoms. The van der Waals surface area contributed by atoms with Crippen molar-refractivity contribution >= 4 is 71.1 Å². The molecule has 2 amide bonds. The molecule has 0 fully saturated rings. The van der Waals surface area contributed by atoms with Gasteiger partial charge in [0.15, 0.2) is 5.65 Å². The van der Waals surface area contributed by atoms with E-state index in [0.717, 1.165) is 35.6 Å². The highest BCUT2D eigenvalue weighted by molar-refractivity contribution is 9.13. The van der Waals surface area contributed by atoms with E-state index in [4.69, 9.17) is 0 Å². The van der Waals surface area contributed by atoms with Gasteiger partial charge in [0.2, 0.25) is 0 Å². The number of aromatic nitrogens is 3. The maximum Gasteiger partial charge on any atom is 0.338 e. The van der Waals surface area contributed by atoms with Crippen molar-refractivity contribution in [2.45, 2.75) is 26.7 Å². The number of nitrogens with zero attached hydrogens (tertiary/aromatic N) is 3. The maximum absolute atomic E-state index is 12.1. The maximum atomic E-state index is 12.1. The highest BCUT2D eigenvalue weighted by Gasteiger charge is 2.16. The summed E-state index contributed by atoms with van der Waals surface area (Å²) in [7, 11) is 1.86. The van der Waals surface area contributed by atoms with Crippen molar-refractivity contribution in [3.8, 4) is 0 Å². The van der Waals surface area contributed by atoms with Crippen LogP contribution in [0.1, 0.15) is 31.0 Å². The van der Waals surface area contributed by atoms with E-state index in [1.165, 1.54) is 11.3 Å². The number of halogens is 2. The first-order chi connectivity index (χ1) is 12.3. The lowest BCUT2D eigenvalue weighted by molar-refractivity contribution is 0.254. The number of hydrazine groups is 1. The summed E-state index contributed by atoms with van der Waals surface area (Å²) in [5.74, 6) is 0.867. The highest BCUT2D eigenvalue weighted by Crippen LogP contribution is 2.35. The number of carbonyl (C=O) groups excluding carboxylic acids is 1. The Labute approximate surface area is 171 Å². The van der Waals surface area contributed by atoms with E-state index in [0.29, 0.717) is 11.7 Å². The van der Waals surface area contributed by atoms with E-state index in [-0.39, 0.29) is 6.03 Å². The summed E-state index contributed by atoms with van der Waals surface area (Å²) in [6, 6.07) is 3.40. The fourth-order valence-electron chi connectivity index (χ4n) is 2.67. The molecule has 26 heavy (non-hydrogen) atoms. The molecule has 0 atom stereocenters. The molecule has 0 unspecified atom stereocenters. The summed E-state index contributed by atoms with van der Waals surface area (Å²) in [4.78, 5) is 16.7. The number of amides is 2. The number of rotatable bonds is 4. The summed E-state index contributed by atoms with van der Waals surface area (Å²) in [6.45, 7) is 6.22. The van der Waals surface area contributed by atoms with Crippen molar-refractivity contribution < 1.29 is 4.79 Å². The Morgan fingerprint density at radius 2 is 2.04 bits per heavy atom. The van der Waals surface area contributed by atoms with Gasteiger partial charge >= 0.3 is 6.03 Å². The fraction of sp³-hybridized carbons (Fsp3) is 0.312. The number of hydrogen-bond donors (Lipinski definition) is 3. The molecule has 3 aromatic heterocycles. The second-order valence-electron chi connectivity index (χ2n) is 6.10. The van der Waals surface area contributed by atoms with Gasteiger partial charge in [-0.15, -0.1) is 11.3 Å². The van der Waals surface area contributed by atoms with Crippen LogP contribution in [0.15, 0.2) is 20.4 Å². The van der Waals surface area contributed by atoms with E-state index in [1.807, 2.05) is 26.1 Å². The minimum absolute atomic E-state index is 0.304. The number of carbonyl (C=O) groups is 1. The Hall–Kier alpha value is -1.65. The molecular formula is C16H18Br2N6OS. The number of thiophene rings is 1. The molecule has 3 N–H and O–H groups in total. The highest BCUT2D eigenvalue weighted by atomic mass is 79.9. The van der Waals surface area contributed by atoms with E-state index >= 15 is 0 Å². The minimum Gasteiger partial charge on any atom is -0.298 e. The van der Waals surface area contributed by atoms with E-state index in [1.54, 1.807) is 4.68 Å². The van der Waals surface area contributed by atoms with Crippen LogP contribution in [-0.4, -0.2) is 20.8 Å². The molecule has 3 heterocycles. The summed E-state index contributed by atoms with van der Waals surface area (Å²) < 4.78 is 3.56. The van der Waals surface area contributed by atoms with Crippen LogP contribution in [-0.2, 0) is 7.05 Å².